The van der Waals surface area contributed by atoms with Crippen molar-refractivity contribution in [3.05, 3.63) is 0 Å². The van der Waals surface area contributed by atoms with Crippen LogP contribution in [-0.2, 0) is 0 Å². The lowest BCUT2D eigenvalue weighted by Crippen LogP contribution is -2.56. The first-order valence-electron chi connectivity index (χ1n) is 8.74. The van der Waals surface area contributed by atoms with Gasteiger partial charge in [0.15, 0.2) is 0 Å². The Morgan fingerprint density at radius 1 is 1.11 bits per heavy atom. The SMILES string of the molecule is CCCCC(CC)(CN)N1CCCC1C1CCCC1. The van der Waals surface area contributed by atoms with Gasteiger partial charge in [0.25, 0.3) is 0 Å². The van der Waals surface area contributed by atoms with Crippen molar-refractivity contribution in [1.29, 1.82) is 0 Å². The summed E-state index contributed by atoms with van der Waals surface area (Å²) >= 11 is 0. The molecule has 0 aromatic heterocycles. The number of rotatable bonds is 7. The van der Waals surface area contributed by atoms with E-state index < -0.39 is 0 Å². The van der Waals surface area contributed by atoms with Crippen LogP contribution >= 0.6 is 0 Å². The lowest BCUT2D eigenvalue weighted by molar-refractivity contribution is 0.0416. The van der Waals surface area contributed by atoms with Crippen LogP contribution in [0.4, 0.5) is 0 Å². The molecule has 2 fully saturated rings. The van der Waals surface area contributed by atoms with Crippen molar-refractivity contribution in [2.24, 2.45) is 11.7 Å². The lowest BCUT2D eigenvalue weighted by atomic mass is 9.84. The summed E-state index contributed by atoms with van der Waals surface area (Å²) in [5.41, 5.74) is 6.56. The second kappa shape index (κ2) is 7.08. The largest absolute Gasteiger partial charge is 0.329 e. The minimum atomic E-state index is 0.305. The Morgan fingerprint density at radius 2 is 1.84 bits per heavy atom. The van der Waals surface area contributed by atoms with Crippen LogP contribution in [0.5, 0.6) is 0 Å². The van der Waals surface area contributed by atoms with Gasteiger partial charge in [-0.3, -0.25) is 4.90 Å². The van der Waals surface area contributed by atoms with Crippen molar-refractivity contribution in [2.45, 2.75) is 89.6 Å². The second-order valence-electron chi connectivity index (χ2n) is 6.83. The zero-order chi connectivity index (χ0) is 13.7. The molecule has 1 heterocycles. The van der Waals surface area contributed by atoms with E-state index in [0.29, 0.717) is 5.54 Å². The summed E-state index contributed by atoms with van der Waals surface area (Å²) in [6.45, 7) is 6.81. The molecule has 2 N–H and O–H groups in total. The zero-order valence-corrected chi connectivity index (χ0v) is 13.2. The van der Waals surface area contributed by atoms with Crippen LogP contribution in [0, 0.1) is 5.92 Å². The van der Waals surface area contributed by atoms with Crippen LogP contribution in [0.2, 0.25) is 0 Å². The molecule has 1 saturated carbocycles. The van der Waals surface area contributed by atoms with E-state index >= 15 is 0 Å². The number of nitrogens with zero attached hydrogens (tertiary/aromatic N) is 1. The molecular formula is C17H34N2. The number of hydrogen-bond acceptors (Lipinski definition) is 2. The number of unbranched alkanes of at least 4 members (excludes halogenated alkanes) is 1. The molecule has 0 radical (unpaired) electrons. The molecule has 2 atom stereocenters. The van der Waals surface area contributed by atoms with Gasteiger partial charge >= 0.3 is 0 Å². The maximum Gasteiger partial charge on any atom is 0.0332 e. The Bertz CT molecular complexity index is 254. The molecule has 2 rings (SSSR count). The van der Waals surface area contributed by atoms with Crippen molar-refractivity contribution in [2.75, 3.05) is 13.1 Å². The van der Waals surface area contributed by atoms with Crippen molar-refractivity contribution >= 4 is 0 Å². The Hall–Kier alpha value is -0.0800. The normalized spacial score (nSPS) is 28.9. The van der Waals surface area contributed by atoms with Crippen molar-refractivity contribution in [1.82, 2.24) is 4.90 Å². The van der Waals surface area contributed by atoms with Crippen LogP contribution in [-0.4, -0.2) is 29.6 Å². The quantitative estimate of drug-likeness (QED) is 0.756. The van der Waals surface area contributed by atoms with Gasteiger partial charge < -0.3 is 5.73 Å². The summed E-state index contributed by atoms with van der Waals surface area (Å²) in [6, 6.07) is 0.850. The van der Waals surface area contributed by atoms with Crippen LogP contribution < -0.4 is 5.73 Å². The van der Waals surface area contributed by atoms with Crippen LogP contribution in [0.1, 0.15) is 78.1 Å². The van der Waals surface area contributed by atoms with Crippen molar-refractivity contribution < 1.29 is 0 Å². The molecule has 112 valence electrons. The summed E-state index contributed by atoms with van der Waals surface area (Å²) in [6.07, 6.45) is 13.9. The highest BCUT2D eigenvalue weighted by Gasteiger charge is 2.43. The molecule has 0 aromatic rings. The van der Waals surface area contributed by atoms with Gasteiger partial charge in [0.2, 0.25) is 0 Å². The van der Waals surface area contributed by atoms with Gasteiger partial charge in [-0.1, -0.05) is 39.5 Å². The summed E-state index contributed by atoms with van der Waals surface area (Å²) in [7, 11) is 0. The van der Waals surface area contributed by atoms with E-state index in [1.165, 1.54) is 70.8 Å². The molecule has 2 aliphatic rings. The van der Waals surface area contributed by atoms with E-state index in [0.717, 1.165) is 18.5 Å². The maximum absolute atomic E-state index is 6.26. The fourth-order valence-electron chi connectivity index (χ4n) is 4.61. The molecule has 19 heavy (non-hydrogen) atoms. The van der Waals surface area contributed by atoms with E-state index in [1.807, 2.05) is 0 Å². The van der Waals surface area contributed by atoms with Gasteiger partial charge in [0.05, 0.1) is 0 Å². The van der Waals surface area contributed by atoms with Crippen LogP contribution in [0.25, 0.3) is 0 Å². The smallest absolute Gasteiger partial charge is 0.0332 e. The average molecular weight is 266 g/mol. The third-order valence-electron chi connectivity index (χ3n) is 5.89. The molecule has 0 spiro atoms. The molecule has 2 nitrogen and oxygen atoms in total. The van der Waals surface area contributed by atoms with Crippen molar-refractivity contribution in [3.8, 4) is 0 Å². The Kier molecular flexibility index (Phi) is 5.70. The summed E-state index contributed by atoms with van der Waals surface area (Å²) < 4.78 is 0. The van der Waals surface area contributed by atoms with Crippen molar-refractivity contribution in [3.63, 3.8) is 0 Å². The monoisotopic (exact) mass is 266 g/mol. The highest BCUT2D eigenvalue weighted by molar-refractivity contribution is 4.99. The first kappa shape index (κ1) is 15.3. The standard InChI is InChI=1S/C17H34N2/c1-3-5-12-17(4-2,14-18)19-13-8-11-16(19)15-9-6-7-10-15/h15-16H,3-14,18H2,1-2H3. The number of likely N-dealkylation sites (tertiary alicyclic amines) is 1. The van der Waals surface area contributed by atoms with Crippen LogP contribution in [0.3, 0.4) is 0 Å². The van der Waals surface area contributed by atoms with Gasteiger partial charge in [0, 0.05) is 18.1 Å². The summed E-state index contributed by atoms with van der Waals surface area (Å²) in [5.74, 6) is 0.974. The predicted molar refractivity (Wildman–Crippen MR) is 83.3 cm³/mol. The molecule has 2 heteroatoms. The number of nitrogens with two attached hydrogens (primary N) is 1. The Labute approximate surface area is 120 Å². The minimum absolute atomic E-state index is 0.305. The third-order valence-corrected chi connectivity index (χ3v) is 5.89. The minimum Gasteiger partial charge on any atom is -0.329 e. The van der Waals surface area contributed by atoms with Gasteiger partial charge in [-0.15, -0.1) is 0 Å². The lowest BCUT2D eigenvalue weighted by Gasteiger charge is -2.46. The fourth-order valence-corrected chi connectivity index (χ4v) is 4.61. The van der Waals surface area contributed by atoms with E-state index in [-0.39, 0.29) is 0 Å². The molecule has 0 aromatic carbocycles. The zero-order valence-electron chi connectivity index (χ0n) is 13.2. The van der Waals surface area contributed by atoms with E-state index in [2.05, 4.69) is 18.7 Å². The van der Waals surface area contributed by atoms with E-state index in [9.17, 15) is 0 Å². The molecule has 1 saturated heterocycles. The molecule has 0 bridgehead atoms. The van der Waals surface area contributed by atoms with Crippen LogP contribution in [0.15, 0.2) is 0 Å². The average Bonchev–Trinajstić information content (AvgIpc) is 3.11. The fraction of sp³-hybridized carbons (Fsp3) is 1.00. The summed E-state index contributed by atoms with van der Waals surface area (Å²) in [4.78, 5) is 2.86. The highest BCUT2D eigenvalue weighted by Crippen LogP contribution is 2.40. The number of hydrogen-bond donors (Lipinski definition) is 1. The highest BCUT2D eigenvalue weighted by atomic mass is 15.3. The van der Waals surface area contributed by atoms with E-state index in [1.54, 1.807) is 0 Å². The molecule has 0 amide bonds. The van der Waals surface area contributed by atoms with Gasteiger partial charge in [-0.25, -0.2) is 0 Å². The van der Waals surface area contributed by atoms with Gasteiger partial charge in [-0.2, -0.15) is 0 Å². The molecule has 1 aliphatic heterocycles. The molecular weight excluding hydrogens is 232 g/mol. The molecule has 1 aliphatic carbocycles. The topological polar surface area (TPSA) is 29.3 Å². The predicted octanol–water partition coefficient (Wildman–Crippen LogP) is 3.94. The first-order valence-corrected chi connectivity index (χ1v) is 8.74. The first-order chi connectivity index (χ1) is 9.27. The summed E-state index contributed by atoms with van der Waals surface area (Å²) in [5, 5.41) is 0. The maximum atomic E-state index is 6.26. The van der Waals surface area contributed by atoms with Gasteiger partial charge in [0.1, 0.15) is 0 Å². The Morgan fingerprint density at radius 3 is 2.42 bits per heavy atom. The Balaban J connectivity index is 2.09. The second-order valence-corrected chi connectivity index (χ2v) is 6.83. The molecule has 2 unspecified atom stereocenters. The van der Waals surface area contributed by atoms with Gasteiger partial charge in [-0.05, 0) is 51.0 Å². The van der Waals surface area contributed by atoms with E-state index in [4.69, 9.17) is 5.73 Å². The third kappa shape index (κ3) is 3.16.